The molecule has 0 aliphatic heterocycles. The molecule has 152 valence electrons. The van der Waals surface area contributed by atoms with Crippen LogP contribution in [0.15, 0.2) is 52.3 Å². The lowest BCUT2D eigenvalue weighted by Crippen LogP contribution is -2.29. The maximum absolute atomic E-state index is 12.4. The van der Waals surface area contributed by atoms with Crippen LogP contribution < -0.4 is 14.8 Å². The molecule has 29 heavy (non-hydrogen) atoms. The van der Waals surface area contributed by atoms with Crippen molar-refractivity contribution in [1.82, 2.24) is 9.88 Å². The monoisotopic (exact) mass is 475 g/mol. The van der Waals surface area contributed by atoms with Gasteiger partial charge in [-0.3, -0.25) is 9.69 Å². The van der Waals surface area contributed by atoms with Gasteiger partial charge in [-0.05, 0) is 49.5 Å². The molecule has 0 saturated carbocycles. The molecule has 3 rings (SSSR count). The van der Waals surface area contributed by atoms with Gasteiger partial charge in [0.2, 0.25) is 5.91 Å². The summed E-state index contributed by atoms with van der Waals surface area (Å²) in [6.45, 7) is 0.831. The molecule has 3 aromatic rings. The van der Waals surface area contributed by atoms with Gasteiger partial charge in [-0.15, -0.1) is 11.3 Å². The molecule has 1 N–H and O–H groups in total. The van der Waals surface area contributed by atoms with E-state index in [0.717, 1.165) is 32.8 Å². The summed E-state index contributed by atoms with van der Waals surface area (Å²) in [4.78, 5) is 18.9. The molecule has 6 nitrogen and oxygen atoms in total. The fraction of sp³-hybridized carbons (Fsp3) is 0.238. The summed E-state index contributed by atoms with van der Waals surface area (Å²) in [6.07, 6.45) is 0. The number of aromatic nitrogens is 1. The Labute approximate surface area is 182 Å². The topological polar surface area (TPSA) is 63.7 Å². The predicted octanol–water partition coefficient (Wildman–Crippen LogP) is 4.66. The van der Waals surface area contributed by atoms with E-state index >= 15 is 0 Å². The van der Waals surface area contributed by atoms with Crippen LogP contribution in [-0.2, 0) is 11.3 Å². The normalized spacial score (nSPS) is 10.8. The van der Waals surface area contributed by atoms with Gasteiger partial charge >= 0.3 is 0 Å². The van der Waals surface area contributed by atoms with Crippen LogP contribution in [0.2, 0.25) is 0 Å². The van der Waals surface area contributed by atoms with Gasteiger partial charge in [0.25, 0.3) is 0 Å². The highest BCUT2D eigenvalue weighted by atomic mass is 79.9. The first-order chi connectivity index (χ1) is 14.0. The predicted molar refractivity (Wildman–Crippen MR) is 120 cm³/mol. The van der Waals surface area contributed by atoms with E-state index in [1.165, 1.54) is 11.3 Å². The minimum atomic E-state index is -0.114. The zero-order chi connectivity index (χ0) is 20.8. The number of nitrogens with one attached hydrogen (secondary N) is 1. The van der Waals surface area contributed by atoms with Crippen molar-refractivity contribution in [3.63, 3.8) is 0 Å². The molecule has 1 amide bonds. The Morgan fingerprint density at radius 2 is 1.93 bits per heavy atom. The number of thiazole rings is 1. The second-order valence-corrected chi connectivity index (χ2v) is 8.22. The van der Waals surface area contributed by atoms with Crippen LogP contribution in [-0.4, -0.2) is 43.6 Å². The lowest BCUT2D eigenvalue weighted by atomic mass is 10.2. The smallest absolute Gasteiger partial charge is 0.240 e. The van der Waals surface area contributed by atoms with Crippen molar-refractivity contribution in [2.24, 2.45) is 0 Å². The van der Waals surface area contributed by atoms with Gasteiger partial charge in [-0.2, -0.15) is 0 Å². The van der Waals surface area contributed by atoms with E-state index in [9.17, 15) is 4.79 Å². The van der Waals surface area contributed by atoms with Crippen LogP contribution in [0, 0.1) is 0 Å². The minimum Gasteiger partial charge on any atom is -0.497 e. The van der Waals surface area contributed by atoms with Gasteiger partial charge < -0.3 is 14.8 Å². The first-order valence-electron chi connectivity index (χ1n) is 8.89. The van der Waals surface area contributed by atoms with Gasteiger partial charge in [0.05, 0.1) is 26.5 Å². The number of carbonyl (C=O) groups excluding carboxylic acids is 1. The molecule has 0 radical (unpaired) electrons. The number of carbonyl (C=O) groups is 1. The first kappa shape index (κ1) is 21.3. The van der Waals surface area contributed by atoms with Crippen molar-refractivity contribution in [3.8, 4) is 22.8 Å². The largest absolute Gasteiger partial charge is 0.497 e. The molecule has 8 heteroatoms. The number of methoxy groups -OCH3 is 2. The van der Waals surface area contributed by atoms with Crippen molar-refractivity contribution < 1.29 is 14.3 Å². The zero-order valence-corrected chi connectivity index (χ0v) is 18.8. The molecule has 0 unspecified atom stereocenters. The third kappa shape index (κ3) is 5.79. The van der Waals surface area contributed by atoms with E-state index in [0.29, 0.717) is 11.7 Å². The number of hydrogen-bond donors (Lipinski definition) is 1. The number of nitrogens with zero attached hydrogens (tertiary/aromatic N) is 2. The number of hydrogen-bond acceptors (Lipinski definition) is 6. The molecular formula is C21H22BrN3O3S. The Morgan fingerprint density at radius 1 is 1.17 bits per heavy atom. The summed E-state index contributed by atoms with van der Waals surface area (Å²) in [5.41, 5.74) is 2.80. The second kappa shape index (κ2) is 9.87. The molecule has 0 aliphatic carbocycles. The van der Waals surface area contributed by atoms with Crippen molar-refractivity contribution in [1.29, 1.82) is 0 Å². The number of likely N-dealkylation sites (N-methyl/N-ethyl adjacent to an activating group) is 1. The fourth-order valence-electron chi connectivity index (χ4n) is 2.85. The lowest BCUT2D eigenvalue weighted by molar-refractivity contribution is -0.117. The summed E-state index contributed by atoms with van der Waals surface area (Å²) in [6, 6.07) is 13.5. The van der Waals surface area contributed by atoms with Crippen molar-refractivity contribution >= 4 is 38.3 Å². The number of rotatable bonds is 8. The zero-order valence-electron chi connectivity index (χ0n) is 16.4. The third-order valence-corrected chi connectivity index (χ3v) is 5.48. The third-order valence-electron chi connectivity index (χ3n) is 4.23. The Morgan fingerprint density at radius 3 is 2.62 bits per heavy atom. The Balaban J connectivity index is 1.58. The average molecular weight is 476 g/mol. The highest BCUT2D eigenvalue weighted by Crippen LogP contribution is 2.27. The van der Waals surface area contributed by atoms with Crippen LogP contribution in [0.3, 0.4) is 0 Å². The van der Waals surface area contributed by atoms with Crippen molar-refractivity contribution in [3.05, 3.63) is 57.9 Å². The van der Waals surface area contributed by atoms with Crippen LogP contribution in [0.5, 0.6) is 11.5 Å². The van der Waals surface area contributed by atoms with Crippen molar-refractivity contribution in [2.45, 2.75) is 6.54 Å². The fourth-order valence-corrected chi connectivity index (χ4v) is 3.99. The molecule has 0 atom stereocenters. The quantitative estimate of drug-likeness (QED) is 0.513. The minimum absolute atomic E-state index is 0.114. The maximum atomic E-state index is 12.4. The van der Waals surface area contributed by atoms with E-state index in [1.807, 2.05) is 59.8 Å². The van der Waals surface area contributed by atoms with Gasteiger partial charge in [0.1, 0.15) is 11.5 Å². The summed E-state index contributed by atoms with van der Waals surface area (Å²) >= 11 is 4.88. The van der Waals surface area contributed by atoms with E-state index in [4.69, 9.17) is 9.47 Å². The molecule has 0 saturated heterocycles. The lowest BCUT2D eigenvalue weighted by Gasteiger charge is -2.18. The Bertz CT molecular complexity index is 976. The summed E-state index contributed by atoms with van der Waals surface area (Å²) < 4.78 is 11.5. The molecular weight excluding hydrogens is 454 g/mol. The van der Waals surface area contributed by atoms with Gasteiger partial charge in [-0.25, -0.2) is 4.98 Å². The van der Waals surface area contributed by atoms with Crippen LogP contribution in [0.4, 0.5) is 5.13 Å². The average Bonchev–Trinajstić information content (AvgIpc) is 3.16. The number of ether oxygens (including phenoxy) is 2. The highest BCUT2D eigenvalue weighted by molar-refractivity contribution is 9.10. The van der Waals surface area contributed by atoms with Crippen LogP contribution in [0.25, 0.3) is 11.3 Å². The van der Waals surface area contributed by atoms with Crippen LogP contribution in [0.1, 0.15) is 5.56 Å². The second-order valence-electron chi connectivity index (χ2n) is 6.44. The molecule has 0 aliphatic rings. The van der Waals surface area contributed by atoms with Crippen LogP contribution >= 0.6 is 27.3 Å². The molecule has 0 fully saturated rings. The van der Waals surface area contributed by atoms with Gasteiger partial charge in [0.15, 0.2) is 5.13 Å². The molecule has 1 aromatic heterocycles. The first-order valence-corrected chi connectivity index (χ1v) is 10.6. The molecule has 0 spiro atoms. The summed E-state index contributed by atoms with van der Waals surface area (Å²) in [7, 11) is 5.17. The number of benzene rings is 2. The maximum Gasteiger partial charge on any atom is 0.240 e. The molecule has 0 bridgehead atoms. The van der Waals surface area contributed by atoms with E-state index < -0.39 is 0 Å². The number of halogens is 1. The number of amides is 1. The standard InChI is InChI=1S/C21H22BrN3O3S/c1-25(11-15-10-16(22)6-9-19(15)28-3)12-20(26)24-21-23-18(13-29-21)14-4-7-17(27-2)8-5-14/h4-10,13H,11-12H2,1-3H3,(H,23,24,26). The summed E-state index contributed by atoms with van der Waals surface area (Å²) in [5, 5.41) is 5.38. The summed E-state index contributed by atoms with van der Waals surface area (Å²) in [5.74, 6) is 1.48. The van der Waals surface area contributed by atoms with Gasteiger partial charge in [-0.1, -0.05) is 15.9 Å². The van der Waals surface area contributed by atoms with E-state index in [-0.39, 0.29) is 12.5 Å². The highest BCUT2D eigenvalue weighted by Gasteiger charge is 2.13. The van der Waals surface area contributed by atoms with Crippen molar-refractivity contribution in [2.75, 3.05) is 33.1 Å². The number of anilines is 1. The van der Waals surface area contributed by atoms with E-state index in [2.05, 4.69) is 26.2 Å². The molecule has 2 aromatic carbocycles. The Hall–Kier alpha value is -2.42. The van der Waals surface area contributed by atoms with Gasteiger partial charge in [0, 0.05) is 27.5 Å². The molecule has 1 heterocycles. The Kier molecular flexibility index (Phi) is 7.24. The van der Waals surface area contributed by atoms with E-state index in [1.54, 1.807) is 14.2 Å². The SMILES string of the molecule is COc1ccc(-c2csc(NC(=O)CN(C)Cc3cc(Br)ccc3OC)n2)cc1.